The van der Waals surface area contributed by atoms with Crippen LogP contribution in [0.3, 0.4) is 0 Å². The van der Waals surface area contributed by atoms with Gasteiger partial charge in [0, 0.05) is 6.42 Å². The Balaban J connectivity index is 4.28. The lowest BCUT2D eigenvalue weighted by Crippen LogP contribution is -2.29. The summed E-state index contributed by atoms with van der Waals surface area (Å²) < 4.78 is 31.8. The van der Waals surface area contributed by atoms with Crippen LogP contribution in [-0.4, -0.2) is 65.7 Å². The lowest BCUT2D eigenvalue weighted by Gasteiger charge is -2.20. The summed E-state index contributed by atoms with van der Waals surface area (Å²) >= 11 is 0. The summed E-state index contributed by atoms with van der Waals surface area (Å²) in [5.41, 5.74) is 0. The topological polar surface area (TPSA) is 149 Å². The quantitative estimate of drug-likeness (QED) is 0.0539. The molecule has 0 fully saturated rings. The molecule has 0 heterocycles. The summed E-state index contributed by atoms with van der Waals surface area (Å²) in [6, 6.07) is 0. The third-order valence-corrected chi connectivity index (χ3v) is 6.75. The molecule has 0 aliphatic carbocycles. The summed E-state index contributed by atoms with van der Waals surface area (Å²) in [7, 11) is -4.59. The summed E-state index contributed by atoms with van der Waals surface area (Å²) in [6.45, 7) is 1.82. The van der Waals surface area contributed by atoms with Crippen molar-refractivity contribution in [2.75, 3.05) is 26.4 Å². The molecule has 3 N–H and O–H groups in total. The van der Waals surface area contributed by atoms with Crippen molar-refractivity contribution in [3.8, 4) is 0 Å². The number of esters is 2. The number of aliphatic hydroxyl groups excluding tert-OH is 2. The van der Waals surface area contributed by atoms with Crippen molar-refractivity contribution in [3.63, 3.8) is 0 Å². The SMILES string of the molecule is C/C=C/CC(=O)OC[C@H](COP(=O)(O)OC[C@@H](O)CO)OC(=O)CCCCCCCCCCCCCCC. The van der Waals surface area contributed by atoms with E-state index in [0.717, 1.165) is 19.3 Å². The molecule has 0 radical (unpaired) electrons. The van der Waals surface area contributed by atoms with E-state index in [1.165, 1.54) is 57.8 Å². The van der Waals surface area contributed by atoms with E-state index in [1.54, 1.807) is 19.1 Å². The van der Waals surface area contributed by atoms with Gasteiger partial charge in [-0.2, -0.15) is 0 Å². The molecule has 0 aromatic rings. The highest BCUT2D eigenvalue weighted by Gasteiger charge is 2.27. The van der Waals surface area contributed by atoms with Crippen molar-refractivity contribution in [1.29, 1.82) is 0 Å². The first-order valence-electron chi connectivity index (χ1n) is 14.1. The first-order chi connectivity index (χ1) is 18.2. The molecule has 0 bridgehead atoms. The standard InChI is InChI=1S/C27H51O10P/c1-3-5-7-8-9-10-11-12-13-14-15-16-17-19-27(31)37-25(22-34-26(30)18-6-4-2)23-36-38(32,33)35-21-24(29)20-28/h4,6,24-25,28-29H,3,5,7-23H2,1-2H3,(H,32,33)/b6-4+/t24-,25+/m0/s1. The van der Waals surface area contributed by atoms with Gasteiger partial charge < -0.3 is 24.6 Å². The zero-order chi connectivity index (χ0) is 28.5. The van der Waals surface area contributed by atoms with Crippen LogP contribution in [0.15, 0.2) is 12.2 Å². The Kier molecular flexibility index (Phi) is 23.9. The maximum atomic E-state index is 12.3. The Morgan fingerprint density at radius 1 is 0.816 bits per heavy atom. The molecule has 0 amide bonds. The Morgan fingerprint density at radius 3 is 1.87 bits per heavy atom. The first-order valence-corrected chi connectivity index (χ1v) is 15.6. The van der Waals surface area contributed by atoms with Gasteiger partial charge in [-0.1, -0.05) is 96.1 Å². The van der Waals surface area contributed by atoms with Gasteiger partial charge in [0.25, 0.3) is 0 Å². The second-order valence-corrected chi connectivity index (χ2v) is 10.9. The van der Waals surface area contributed by atoms with Crippen LogP contribution in [0.25, 0.3) is 0 Å². The average Bonchev–Trinajstić information content (AvgIpc) is 2.90. The van der Waals surface area contributed by atoms with E-state index in [2.05, 4.69) is 11.4 Å². The van der Waals surface area contributed by atoms with Crippen molar-refractivity contribution >= 4 is 19.8 Å². The van der Waals surface area contributed by atoms with Crippen LogP contribution >= 0.6 is 7.82 Å². The molecule has 0 aliphatic rings. The van der Waals surface area contributed by atoms with Crippen molar-refractivity contribution in [1.82, 2.24) is 0 Å². The lowest BCUT2D eigenvalue weighted by molar-refractivity contribution is -0.160. The molecule has 0 aromatic heterocycles. The molecule has 0 aromatic carbocycles. The molecule has 38 heavy (non-hydrogen) atoms. The maximum Gasteiger partial charge on any atom is 0.472 e. The molecule has 1 unspecified atom stereocenters. The van der Waals surface area contributed by atoms with Crippen molar-refractivity contribution in [2.24, 2.45) is 0 Å². The van der Waals surface area contributed by atoms with Crippen LogP contribution in [0, 0.1) is 0 Å². The highest BCUT2D eigenvalue weighted by Crippen LogP contribution is 2.43. The van der Waals surface area contributed by atoms with Gasteiger partial charge in [-0.3, -0.25) is 18.6 Å². The van der Waals surface area contributed by atoms with Gasteiger partial charge in [0.2, 0.25) is 0 Å². The smallest absolute Gasteiger partial charge is 0.461 e. The molecule has 0 rings (SSSR count). The number of rotatable bonds is 26. The third-order valence-electron chi connectivity index (χ3n) is 5.80. The monoisotopic (exact) mass is 566 g/mol. The normalized spacial score (nSPS) is 14.8. The minimum Gasteiger partial charge on any atom is -0.461 e. The van der Waals surface area contributed by atoms with Crippen LogP contribution in [-0.2, 0) is 32.7 Å². The third kappa shape index (κ3) is 23.8. The highest BCUT2D eigenvalue weighted by atomic mass is 31.2. The number of ether oxygens (including phenoxy) is 2. The van der Waals surface area contributed by atoms with Gasteiger partial charge in [-0.15, -0.1) is 0 Å². The molecule has 3 atom stereocenters. The average molecular weight is 567 g/mol. The fourth-order valence-corrected chi connectivity index (χ4v) is 4.34. The summed E-state index contributed by atoms with van der Waals surface area (Å²) in [5, 5.41) is 18.0. The Hall–Kier alpha value is -1.29. The Morgan fingerprint density at radius 2 is 1.34 bits per heavy atom. The van der Waals surface area contributed by atoms with Gasteiger partial charge in [0.15, 0.2) is 6.10 Å². The number of phosphoric acid groups is 1. The second-order valence-electron chi connectivity index (χ2n) is 9.46. The fourth-order valence-electron chi connectivity index (χ4n) is 3.55. The fraction of sp³-hybridized carbons (Fsp3) is 0.852. The summed E-state index contributed by atoms with van der Waals surface area (Å²) in [4.78, 5) is 33.8. The molecule has 224 valence electrons. The number of hydrogen-bond donors (Lipinski definition) is 3. The van der Waals surface area contributed by atoms with Gasteiger partial charge in [-0.05, 0) is 13.3 Å². The Bertz CT molecular complexity index is 670. The lowest BCUT2D eigenvalue weighted by atomic mass is 10.0. The Labute approximate surface area is 228 Å². The van der Waals surface area contributed by atoms with Gasteiger partial charge in [-0.25, -0.2) is 4.57 Å². The van der Waals surface area contributed by atoms with E-state index >= 15 is 0 Å². The minimum absolute atomic E-state index is 0.0393. The molecular formula is C27H51O10P. The van der Waals surface area contributed by atoms with E-state index in [9.17, 15) is 24.2 Å². The number of aliphatic hydroxyl groups is 2. The molecule has 0 aliphatic heterocycles. The van der Waals surface area contributed by atoms with E-state index in [1.807, 2.05) is 0 Å². The van der Waals surface area contributed by atoms with Crippen molar-refractivity contribution in [2.45, 2.75) is 122 Å². The van der Waals surface area contributed by atoms with Crippen LogP contribution < -0.4 is 0 Å². The molecule has 0 saturated carbocycles. The molecule has 0 spiro atoms. The molecule has 11 heteroatoms. The largest absolute Gasteiger partial charge is 0.472 e. The van der Waals surface area contributed by atoms with E-state index in [4.69, 9.17) is 19.1 Å². The number of allylic oxidation sites excluding steroid dienone is 1. The molecule has 0 saturated heterocycles. The molecular weight excluding hydrogens is 515 g/mol. The minimum atomic E-state index is -4.59. The summed E-state index contributed by atoms with van der Waals surface area (Å²) in [5.74, 6) is -1.06. The zero-order valence-corrected chi connectivity index (χ0v) is 24.3. The van der Waals surface area contributed by atoms with Gasteiger partial charge in [0.1, 0.15) is 12.7 Å². The predicted molar refractivity (Wildman–Crippen MR) is 145 cm³/mol. The van der Waals surface area contributed by atoms with Crippen LogP contribution in [0.2, 0.25) is 0 Å². The van der Waals surface area contributed by atoms with Gasteiger partial charge in [0.05, 0.1) is 26.2 Å². The van der Waals surface area contributed by atoms with E-state index < -0.39 is 51.8 Å². The van der Waals surface area contributed by atoms with E-state index in [0.29, 0.717) is 6.42 Å². The van der Waals surface area contributed by atoms with Gasteiger partial charge >= 0.3 is 19.8 Å². The second kappa shape index (κ2) is 24.7. The van der Waals surface area contributed by atoms with Crippen LogP contribution in [0.1, 0.15) is 110 Å². The number of hydrogen-bond acceptors (Lipinski definition) is 9. The summed E-state index contributed by atoms with van der Waals surface area (Å²) in [6.07, 6.45) is 16.5. The van der Waals surface area contributed by atoms with Crippen LogP contribution in [0.4, 0.5) is 0 Å². The highest BCUT2D eigenvalue weighted by molar-refractivity contribution is 7.47. The number of phosphoric ester groups is 1. The first kappa shape index (κ1) is 36.7. The van der Waals surface area contributed by atoms with Crippen molar-refractivity contribution in [3.05, 3.63) is 12.2 Å². The zero-order valence-electron chi connectivity index (χ0n) is 23.4. The van der Waals surface area contributed by atoms with Crippen molar-refractivity contribution < 1.29 is 47.8 Å². The number of carbonyl (C=O) groups is 2. The van der Waals surface area contributed by atoms with Crippen LogP contribution in [0.5, 0.6) is 0 Å². The number of carbonyl (C=O) groups excluding carboxylic acids is 2. The van der Waals surface area contributed by atoms with E-state index in [-0.39, 0.29) is 19.4 Å². The number of unbranched alkanes of at least 4 members (excludes halogenated alkanes) is 12. The maximum absolute atomic E-state index is 12.3. The molecule has 10 nitrogen and oxygen atoms in total. The predicted octanol–water partition coefficient (Wildman–Crippen LogP) is 5.38.